The van der Waals surface area contributed by atoms with Crippen LogP contribution in [0.15, 0.2) is 53.7 Å². The molecule has 1 unspecified atom stereocenters. The highest BCUT2D eigenvalue weighted by Gasteiger charge is 2.11. The summed E-state index contributed by atoms with van der Waals surface area (Å²) >= 11 is 0. The molecule has 0 fully saturated rings. The lowest BCUT2D eigenvalue weighted by molar-refractivity contribution is 0.613. The first-order valence-corrected chi connectivity index (χ1v) is 5.26. The van der Waals surface area contributed by atoms with E-state index in [4.69, 9.17) is 5.26 Å². The third-order valence-electron chi connectivity index (χ3n) is 2.53. The summed E-state index contributed by atoms with van der Waals surface area (Å²) in [6.45, 7) is 0.327. The van der Waals surface area contributed by atoms with Crippen molar-refractivity contribution < 1.29 is 0 Å². The summed E-state index contributed by atoms with van der Waals surface area (Å²) in [7, 11) is 0. The van der Waals surface area contributed by atoms with E-state index in [1.807, 2.05) is 30.3 Å². The van der Waals surface area contributed by atoms with E-state index in [2.05, 4.69) is 11.1 Å². The lowest BCUT2D eigenvalue weighted by atomic mass is 10.0. The summed E-state index contributed by atoms with van der Waals surface area (Å²) in [6.07, 6.45) is 2.90. The molecular weight excluding hydrogens is 214 g/mol. The molecule has 0 aliphatic rings. The maximum absolute atomic E-state index is 11.5. The molecule has 0 bridgehead atoms. The fraction of sp³-hybridized carbons (Fsp3) is 0.154. The van der Waals surface area contributed by atoms with E-state index in [0.717, 1.165) is 5.56 Å². The van der Waals surface area contributed by atoms with Crippen molar-refractivity contribution in [2.24, 2.45) is 0 Å². The number of benzene rings is 1. The van der Waals surface area contributed by atoms with Gasteiger partial charge >= 0.3 is 0 Å². The van der Waals surface area contributed by atoms with Crippen LogP contribution in [0, 0.1) is 11.3 Å². The Labute approximate surface area is 98.8 Å². The first kappa shape index (κ1) is 11.1. The largest absolute Gasteiger partial charge is 0.298 e. The van der Waals surface area contributed by atoms with E-state index < -0.39 is 0 Å². The van der Waals surface area contributed by atoms with Crippen LogP contribution in [0.2, 0.25) is 0 Å². The molecule has 0 aliphatic heterocycles. The SMILES string of the molecule is N#CC(Cn1cnccc1=O)c1ccccc1. The molecule has 2 aromatic rings. The quantitative estimate of drug-likeness (QED) is 0.796. The molecule has 0 radical (unpaired) electrons. The maximum Gasteiger partial charge on any atom is 0.253 e. The van der Waals surface area contributed by atoms with Gasteiger partial charge in [-0.1, -0.05) is 30.3 Å². The number of aromatic nitrogens is 2. The Hall–Kier alpha value is -2.41. The molecule has 0 saturated carbocycles. The van der Waals surface area contributed by atoms with Gasteiger partial charge in [0.05, 0.1) is 18.3 Å². The van der Waals surface area contributed by atoms with Crippen molar-refractivity contribution in [2.75, 3.05) is 0 Å². The van der Waals surface area contributed by atoms with Gasteiger partial charge in [0, 0.05) is 18.8 Å². The molecule has 0 saturated heterocycles. The molecule has 17 heavy (non-hydrogen) atoms. The Morgan fingerprint density at radius 1 is 1.29 bits per heavy atom. The van der Waals surface area contributed by atoms with Crippen LogP contribution in [-0.4, -0.2) is 9.55 Å². The van der Waals surface area contributed by atoms with Crippen LogP contribution in [0.1, 0.15) is 11.5 Å². The van der Waals surface area contributed by atoms with Crippen LogP contribution in [0.3, 0.4) is 0 Å². The molecule has 1 aromatic heterocycles. The highest BCUT2D eigenvalue weighted by atomic mass is 16.1. The minimum Gasteiger partial charge on any atom is -0.298 e. The van der Waals surface area contributed by atoms with E-state index in [1.54, 1.807) is 0 Å². The molecule has 0 N–H and O–H groups in total. The molecule has 4 heteroatoms. The number of hydrogen-bond acceptors (Lipinski definition) is 3. The minimum atomic E-state index is -0.335. The Bertz CT molecular complexity index is 583. The number of nitriles is 1. The van der Waals surface area contributed by atoms with Crippen molar-refractivity contribution in [2.45, 2.75) is 12.5 Å². The average molecular weight is 225 g/mol. The summed E-state index contributed by atoms with van der Waals surface area (Å²) in [6, 6.07) is 13.0. The van der Waals surface area contributed by atoms with Crippen LogP contribution in [0.5, 0.6) is 0 Å². The van der Waals surface area contributed by atoms with Gasteiger partial charge in [-0.3, -0.25) is 9.36 Å². The van der Waals surface area contributed by atoms with Gasteiger partial charge in [0.25, 0.3) is 5.56 Å². The van der Waals surface area contributed by atoms with E-state index in [9.17, 15) is 4.79 Å². The minimum absolute atomic E-state index is 0.142. The van der Waals surface area contributed by atoms with Crippen molar-refractivity contribution in [3.63, 3.8) is 0 Å². The van der Waals surface area contributed by atoms with Crippen molar-refractivity contribution in [3.8, 4) is 6.07 Å². The lowest BCUT2D eigenvalue weighted by Crippen LogP contribution is -2.21. The molecule has 1 aromatic carbocycles. The van der Waals surface area contributed by atoms with Gasteiger partial charge in [-0.2, -0.15) is 5.26 Å². The molecular formula is C13H11N3O. The fourth-order valence-electron chi connectivity index (χ4n) is 1.62. The van der Waals surface area contributed by atoms with Gasteiger partial charge in [0.1, 0.15) is 0 Å². The highest BCUT2D eigenvalue weighted by molar-refractivity contribution is 5.24. The third-order valence-corrected chi connectivity index (χ3v) is 2.53. The lowest BCUT2D eigenvalue weighted by Gasteiger charge is -2.10. The standard InChI is InChI=1S/C13H11N3O/c14-8-12(11-4-2-1-3-5-11)9-16-10-15-7-6-13(16)17/h1-7,10,12H,9H2. The Kier molecular flexibility index (Phi) is 3.31. The summed E-state index contributed by atoms with van der Waals surface area (Å²) in [5.41, 5.74) is 0.766. The zero-order valence-electron chi connectivity index (χ0n) is 9.15. The summed E-state index contributed by atoms with van der Waals surface area (Å²) in [5.74, 6) is -0.335. The Balaban J connectivity index is 2.26. The molecule has 0 amide bonds. The first-order valence-electron chi connectivity index (χ1n) is 5.26. The average Bonchev–Trinajstić information content (AvgIpc) is 2.39. The van der Waals surface area contributed by atoms with Gasteiger partial charge in [0.2, 0.25) is 0 Å². The second-order valence-corrected chi connectivity index (χ2v) is 3.66. The van der Waals surface area contributed by atoms with Crippen molar-refractivity contribution in [1.29, 1.82) is 5.26 Å². The number of nitrogens with zero attached hydrogens (tertiary/aromatic N) is 3. The predicted octanol–water partition coefficient (Wildman–Crippen LogP) is 1.55. The Morgan fingerprint density at radius 3 is 2.71 bits per heavy atom. The second kappa shape index (κ2) is 5.08. The van der Waals surface area contributed by atoms with Gasteiger partial charge in [-0.25, -0.2) is 4.98 Å². The van der Waals surface area contributed by atoms with Gasteiger partial charge in [-0.15, -0.1) is 0 Å². The van der Waals surface area contributed by atoms with Crippen LogP contribution in [-0.2, 0) is 6.54 Å². The molecule has 84 valence electrons. The zero-order valence-corrected chi connectivity index (χ0v) is 9.15. The van der Waals surface area contributed by atoms with Crippen molar-refractivity contribution in [3.05, 3.63) is 64.8 Å². The van der Waals surface area contributed by atoms with Crippen LogP contribution in [0.4, 0.5) is 0 Å². The van der Waals surface area contributed by atoms with Crippen molar-refractivity contribution in [1.82, 2.24) is 9.55 Å². The highest BCUT2D eigenvalue weighted by Crippen LogP contribution is 2.15. The summed E-state index contributed by atoms with van der Waals surface area (Å²) < 4.78 is 1.45. The molecule has 0 aliphatic carbocycles. The molecule has 1 atom stereocenters. The second-order valence-electron chi connectivity index (χ2n) is 3.66. The molecule has 1 heterocycles. The van der Waals surface area contributed by atoms with E-state index >= 15 is 0 Å². The van der Waals surface area contributed by atoms with Crippen LogP contribution >= 0.6 is 0 Å². The summed E-state index contributed by atoms with van der Waals surface area (Å²) in [5, 5.41) is 9.15. The topological polar surface area (TPSA) is 58.7 Å². The van der Waals surface area contributed by atoms with E-state index in [1.165, 1.54) is 23.2 Å². The fourth-order valence-corrected chi connectivity index (χ4v) is 1.62. The van der Waals surface area contributed by atoms with E-state index in [0.29, 0.717) is 6.54 Å². The molecule has 0 spiro atoms. The smallest absolute Gasteiger partial charge is 0.253 e. The van der Waals surface area contributed by atoms with Crippen molar-refractivity contribution >= 4 is 0 Å². The van der Waals surface area contributed by atoms with Crippen LogP contribution in [0.25, 0.3) is 0 Å². The maximum atomic E-state index is 11.5. The summed E-state index contributed by atoms with van der Waals surface area (Å²) in [4.78, 5) is 15.4. The zero-order chi connectivity index (χ0) is 12.1. The van der Waals surface area contributed by atoms with Crippen LogP contribution < -0.4 is 5.56 Å². The number of hydrogen-bond donors (Lipinski definition) is 0. The third kappa shape index (κ3) is 2.58. The molecule has 2 rings (SSSR count). The van der Waals surface area contributed by atoms with Gasteiger partial charge < -0.3 is 0 Å². The molecule has 4 nitrogen and oxygen atoms in total. The Morgan fingerprint density at radius 2 is 2.06 bits per heavy atom. The van der Waals surface area contributed by atoms with Gasteiger partial charge in [-0.05, 0) is 5.56 Å². The van der Waals surface area contributed by atoms with E-state index in [-0.39, 0.29) is 11.5 Å². The normalized spacial score (nSPS) is 11.7. The number of rotatable bonds is 3. The first-order chi connectivity index (χ1) is 8.31. The van der Waals surface area contributed by atoms with Gasteiger partial charge in [0.15, 0.2) is 0 Å². The predicted molar refractivity (Wildman–Crippen MR) is 63.3 cm³/mol. The monoisotopic (exact) mass is 225 g/mol.